The molecular formula is C14H11BrFNO2. The van der Waals surface area contributed by atoms with Gasteiger partial charge in [0.15, 0.2) is 0 Å². The summed E-state index contributed by atoms with van der Waals surface area (Å²) in [6.45, 7) is 0. The maximum absolute atomic E-state index is 13.1. The molecule has 19 heavy (non-hydrogen) atoms. The van der Waals surface area contributed by atoms with E-state index in [1.807, 2.05) is 6.07 Å². The van der Waals surface area contributed by atoms with Gasteiger partial charge in [-0.25, -0.2) is 4.39 Å². The number of carbonyl (C=O) groups is 1. The van der Waals surface area contributed by atoms with Crippen LogP contribution in [0.5, 0.6) is 0 Å². The number of nitrogens with zero attached hydrogens (tertiary/aromatic N) is 1. The van der Waals surface area contributed by atoms with E-state index in [9.17, 15) is 14.3 Å². The Morgan fingerprint density at radius 3 is 2.79 bits per heavy atom. The summed E-state index contributed by atoms with van der Waals surface area (Å²) < 4.78 is 13.9. The molecule has 1 unspecified atom stereocenters. The Kier molecular flexibility index (Phi) is 4.27. The highest BCUT2D eigenvalue weighted by Crippen LogP contribution is 2.24. The summed E-state index contributed by atoms with van der Waals surface area (Å²) in [5.74, 6) is -2.13. The van der Waals surface area contributed by atoms with Crippen LogP contribution in [0.2, 0.25) is 0 Å². The standard InChI is InChI=1S/C14H11BrFNO2/c15-11-3-1-2-10(6-11)13(14(18)19)5-9-4-12(16)8-17-7-9/h1-4,6-8,13H,5H2,(H,18,19). The van der Waals surface area contributed by atoms with Crippen LogP contribution in [0.1, 0.15) is 17.0 Å². The number of benzene rings is 1. The molecule has 0 aliphatic heterocycles. The number of halogens is 2. The molecule has 1 heterocycles. The van der Waals surface area contributed by atoms with E-state index in [0.29, 0.717) is 11.1 Å². The van der Waals surface area contributed by atoms with Gasteiger partial charge in [0.1, 0.15) is 5.82 Å². The Labute approximate surface area is 118 Å². The molecule has 0 spiro atoms. The fourth-order valence-corrected chi connectivity index (χ4v) is 2.29. The second-order valence-corrected chi connectivity index (χ2v) is 5.08. The number of aliphatic carboxylic acids is 1. The average molecular weight is 324 g/mol. The highest BCUT2D eigenvalue weighted by molar-refractivity contribution is 9.10. The highest BCUT2D eigenvalue weighted by atomic mass is 79.9. The van der Waals surface area contributed by atoms with Gasteiger partial charge in [0.25, 0.3) is 0 Å². The molecule has 0 saturated carbocycles. The van der Waals surface area contributed by atoms with E-state index in [0.717, 1.165) is 10.7 Å². The lowest BCUT2D eigenvalue weighted by molar-refractivity contribution is -0.138. The maximum Gasteiger partial charge on any atom is 0.311 e. The van der Waals surface area contributed by atoms with Crippen molar-refractivity contribution >= 4 is 21.9 Å². The van der Waals surface area contributed by atoms with Gasteiger partial charge in [0.05, 0.1) is 12.1 Å². The van der Waals surface area contributed by atoms with Crippen molar-refractivity contribution in [3.8, 4) is 0 Å². The Morgan fingerprint density at radius 1 is 1.37 bits per heavy atom. The van der Waals surface area contributed by atoms with Gasteiger partial charge in [-0.1, -0.05) is 28.1 Å². The molecule has 0 radical (unpaired) electrons. The van der Waals surface area contributed by atoms with Crippen LogP contribution in [0.25, 0.3) is 0 Å². The van der Waals surface area contributed by atoms with Crippen LogP contribution in [0.3, 0.4) is 0 Å². The zero-order valence-corrected chi connectivity index (χ0v) is 11.5. The second-order valence-electron chi connectivity index (χ2n) is 4.16. The minimum Gasteiger partial charge on any atom is -0.481 e. The van der Waals surface area contributed by atoms with E-state index in [1.54, 1.807) is 18.2 Å². The predicted molar refractivity (Wildman–Crippen MR) is 72.4 cm³/mol. The molecule has 0 bridgehead atoms. The number of hydrogen-bond acceptors (Lipinski definition) is 2. The third-order valence-corrected chi connectivity index (χ3v) is 3.24. The Balaban J connectivity index is 2.29. The van der Waals surface area contributed by atoms with E-state index in [4.69, 9.17) is 0 Å². The first-order valence-corrected chi connectivity index (χ1v) is 6.43. The minimum absolute atomic E-state index is 0.205. The van der Waals surface area contributed by atoms with Crippen LogP contribution in [0.15, 0.2) is 47.2 Å². The number of rotatable bonds is 4. The highest BCUT2D eigenvalue weighted by Gasteiger charge is 2.20. The van der Waals surface area contributed by atoms with Crippen LogP contribution in [0.4, 0.5) is 4.39 Å². The van der Waals surface area contributed by atoms with Crippen molar-refractivity contribution in [2.24, 2.45) is 0 Å². The summed E-state index contributed by atoms with van der Waals surface area (Å²) in [5.41, 5.74) is 1.23. The van der Waals surface area contributed by atoms with E-state index in [2.05, 4.69) is 20.9 Å². The van der Waals surface area contributed by atoms with Gasteiger partial charge < -0.3 is 5.11 Å². The summed E-state index contributed by atoms with van der Waals surface area (Å²) in [6.07, 6.45) is 2.78. The number of aromatic nitrogens is 1. The van der Waals surface area contributed by atoms with Crippen molar-refractivity contribution in [1.29, 1.82) is 0 Å². The smallest absolute Gasteiger partial charge is 0.311 e. The van der Waals surface area contributed by atoms with Crippen molar-refractivity contribution in [2.45, 2.75) is 12.3 Å². The second kappa shape index (κ2) is 5.93. The summed E-state index contributed by atoms with van der Waals surface area (Å²) >= 11 is 3.31. The van der Waals surface area contributed by atoms with Crippen LogP contribution >= 0.6 is 15.9 Å². The van der Waals surface area contributed by atoms with Gasteiger partial charge in [-0.3, -0.25) is 9.78 Å². The first-order valence-electron chi connectivity index (χ1n) is 5.64. The predicted octanol–water partition coefficient (Wildman–Crippen LogP) is 3.39. The molecule has 1 aromatic heterocycles. The van der Waals surface area contributed by atoms with Gasteiger partial charge in [-0.2, -0.15) is 0 Å². The molecule has 0 aliphatic carbocycles. The molecule has 2 rings (SSSR count). The molecule has 0 fully saturated rings. The largest absolute Gasteiger partial charge is 0.481 e. The SMILES string of the molecule is O=C(O)C(Cc1cncc(F)c1)c1cccc(Br)c1. The van der Waals surface area contributed by atoms with Gasteiger partial charge in [-0.15, -0.1) is 0 Å². The van der Waals surface area contributed by atoms with Crippen LogP contribution in [0, 0.1) is 5.82 Å². The van der Waals surface area contributed by atoms with Gasteiger partial charge >= 0.3 is 5.97 Å². The molecule has 3 nitrogen and oxygen atoms in total. The Bertz CT molecular complexity index is 604. The van der Waals surface area contributed by atoms with Crippen molar-refractivity contribution in [3.05, 3.63) is 64.1 Å². The summed E-state index contributed by atoms with van der Waals surface area (Å²) in [6, 6.07) is 8.41. The molecule has 98 valence electrons. The molecule has 0 aliphatic rings. The fourth-order valence-electron chi connectivity index (χ4n) is 1.87. The van der Waals surface area contributed by atoms with Crippen LogP contribution in [-0.2, 0) is 11.2 Å². The van der Waals surface area contributed by atoms with E-state index >= 15 is 0 Å². The third kappa shape index (κ3) is 3.61. The van der Waals surface area contributed by atoms with Crippen LogP contribution in [-0.4, -0.2) is 16.1 Å². The Hall–Kier alpha value is -1.75. The van der Waals surface area contributed by atoms with Gasteiger partial charge in [0.2, 0.25) is 0 Å². The van der Waals surface area contributed by atoms with Crippen molar-refractivity contribution in [2.75, 3.05) is 0 Å². The topological polar surface area (TPSA) is 50.2 Å². The lowest BCUT2D eigenvalue weighted by Crippen LogP contribution is -2.14. The van der Waals surface area contributed by atoms with E-state index in [1.165, 1.54) is 12.3 Å². The molecular weight excluding hydrogens is 313 g/mol. The molecule has 1 atom stereocenters. The number of carboxylic acid groups (broad SMARTS) is 1. The molecule has 5 heteroatoms. The molecule has 1 aromatic carbocycles. The van der Waals surface area contributed by atoms with Gasteiger partial charge in [-0.05, 0) is 35.7 Å². The zero-order chi connectivity index (χ0) is 13.8. The molecule has 0 saturated heterocycles. The minimum atomic E-state index is -0.942. The van der Waals surface area contributed by atoms with Crippen LogP contribution < -0.4 is 0 Å². The summed E-state index contributed by atoms with van der Waals surface area (Å²) in [7, 11) is 0. The zero-order valence-electron chi connectivity index (χ0n) is 9.88. The first-order chi connectivity index (χ1) is 9.06. The van der Waals surface area contributed by atoms with Crippen molar-refractivity contribution in [1.82, 2.24) is 4.98 Å². The van der Waals surface area contributed by atoms with E-state index in [-0.39, 0.29) is 6.42 Å². The lowest BCUT2D eigenvalue weighted by atomic mass is 9.93. The monoisotopic (exact) mass is 323 g/mol. The Morgan fingerprint density at radius 2 is 2.16 bits per heavy atom. The fraction of sp³-hybridized carbons (Fsp3) is 0.143. The summed E-state index contributed by atoms with van der Waals surface area (Å²) in [4.78, 5) is 15.1. The molecule has 2 aromatic rings. The quantitative estimate of drug-likeness (QED) is 0.938. The normalized spacial score (nSPS) is 12.1. The van der Waals surface area contributed by atoms with Crippen molar-refractivity contribution in [3.63, 3.8) is 0 Å². The average Bonchev–Trinajstić information content (AvgIpc) is 2.35. The third-order valence-electron chi connectivity index (χ3n) is 2.75. The maximum atomic E-state index is 13.1. The molecule has 1 N–H and O–H groups in total. The first kappa shape index (κ1) is 13.7. The van der Waals surface area contributed by atoms with Crippen molar-refractivity contribution < 1.29 is 14.3 Å². The van der Waals surface area contributed by atoms with Gasteiger partial charge in [0, 0.05) is 10.7 Å². The molecule has 0 amide bonds. The number of carboxylic acids is 1. The van der Waals surface area contributed by atoms with E-state index < -0.39 is 17.7 Å². The lowest BCUT2D eigenvalue weighted by Gasteiger charge is -2.13. The number of pyridine rings is 1. The number of hydrogen-bond donors (Lipinski definition) is 1. The summed E-state index contributed by atoms with van der Waals surface area (Å²) in [5, 5.41) is 9.32.